The number of nitrogens with zero attached hydrogens (tertiary/aromatic N) is 2. The van der Waals surface area contributed by atoms with Crippen molar-refractivity contribution in [2.24, 2.45) is 39.8 Å². The van der Waals surface area contributed by atoms with Crippen LogP contribution >= 0.6 is 0 Å². The first-order chi connectivity index (χ1) is 21.7. The zero-order chi connectivity index (χ0) is 33.6. The number of Topliss-reactive ketones (excluding diaryl/α,β-unsaturated/α-hetero) is 1. The first-order valence-electron chi connectivity index (χ1n) is 17.2. The van der Waals surface area contributed by atoms with Crippen molar-refractivity contribution >= 4 is 24.8 Å². The Morgan fingerprint density at radius 2 is 1.85 bits per heavy atom. The molecule has 4 aliphatic rings. The second kappa shape index (κ2) is 15.3. The zero-order valence-electron chi connectivity index (χ0n) is 28.6. The van der Waals surface area contributed by atoms with Gasteiger partial charge in [0.15, 0.2) is 5.03 Å². The number of ketones is 1. The van der Waals surface area contributed by atoms with Crippen molar-refractivity contribution in [3.63, 3.8) is 0 Å². The van der Waals surface area contributed by atoms with Gasteiger partial charge in [0.1, 0.15) is 5.78 Å². The van der Waals surface area contributed by atoms with E-state index in [0.29, 0.717) is 31.1 Å². The number of guanidine groups is 1. The number of benzene rings is 1. The van der Waals surface area contributed by atoms with Crippen LogP contribution in [-0.4, -0.2) is 54.0 Å². The van der Waals surface area contributed by atoms with Crippen LogP contribution in [0.2, 0.25) is 0 Å². The van der Waals surface area contributed by atoms with E-state index in [2.05, 4.69) is 64.0 Å². The van der Waals surface area contributed by atoms with Gasteiger partial charge in [-0.25, -0.2) is 15.1 Å². The van der Waals surface area contributed by atoms with Crippen molar-refractivity contribution in [3.05, 3.63) is 45.5 Å². The maximum Gasteiger partial charge on any atom is 0.481 e. The van der Waals surface area contributed by atoms with Crippen LogP contribution in [0.1, 0.15) is 104 Å². The highest BCUT2D eigenvalue weighted by atomic mass is 16.7. The van der Waals surface area contributed by atoms with Crippen LogP contribution in [0.5, 0.6) is 0 Å². The molecule has 2 bridgehead atoms. The highest BCUT2D eigenvalue weighted by Crippen LogP contribution is 2.65. The van der Waals surface area contributed by atoms with Crippen LogP contribution < -0.4 is 16.5 Å². The van der Waals surface area contributed by atoms with E-state index in [1.165, 1.54) is 5.56 Å². The minimum Gasteiger partial charge on any atom is -0.404 e. The smallest absolute Gasteiger partial charge is 0.404 e. The number of nitro groups is 1. The van der Waals surface area contributed by atoms with Crippen LogP contribution in [0.15, 0.2) is 29.3 Å². The third kappa shape index (κ3) is 8.67. The maximum absolute atomic E-state index is 13.9. The Kier molecular flexibility index (Phi) is 11.9. The standard InChI is InChI=1S/C34H54BN5O6/c1-7-8-10-23-12-14-24(15-13-23)18-27(41)19-25(11-9-16-37-32(36)39-40(43)44)31(42)38-30(17-22(2)3)35-45-29-21-26-20-28(33(26,4)5)34(29,6)46-35/h12-15,22,25-26,28-30H,7-11,16-21H2,1-6H3,(H,38,42)(H3,36,37,39)/t25-,26-,28-,29-,30+,34+/m1/s1. The summed E-state index contributed by atoms with van der Waals surface area (Å²) >= 11 is 0. The van der Waals surface area contributed by atoms with Gasteiger partial charge in [-0.15, -0.1) is 0 Å². The van der Waals surface area contributed by atoms with E-state index in [-0.39, 0.29) is 66.0 Å². The molecular formula is C34H54BN5O6. The summed E-state index contributed by atoms with van der Waals surface area (Å²) in [5.41, 5.74) is 9.39. The number of nitrogens with one attached hydrogen (secondary N) is 2. The molecule has 1 aromatic carbocycles. The molecule has 3 aliphatic carbocycles. The molecule has 3 saturated carbocycles. The predicted molar refractivity (Wildman–Crippen MR) is 179 cm³/mol. The van der Waals surface area contributed by atoms with Crippen molar-refractivity contribution in [1.82, 2.24) is 10.7 Å². The number of nitrogens with two attached hydrogens (primary N) is 1. The van der Waals surface area contributed by atoms with E-state index >= 15 is 0 Å². The Bertz CT molecular complexity index is 1260. The molecule has 1 aliphatic heterocycles. The van der Waals surface area contributed by atoms with Crippen LogP contribution in [0.4, 0.5) is 0 Å². The number of carbonyl (C=O) groups excluding carboxylic acids is 2. The van der Waals surface area contributed by atoms with Crippen molar-refractivity contribution in [2.45, 2.75) is 123 Å². The topological polar surface area (TPSA) is 158 Å². The molecule has 4 N–H and O–H groups in total. The van der Waals surface area contributed by atoms with Crippen LogP contribution in [0.25, 0.3) is 0 Å². The number of hydrogen-bond acceptors (Lipinski definition) is 7. The van der Waals surface area contributed by atoms with Gasteiger partial charge in [-0.2, -0.15) is 0 Å². The second-order valence-electron chi connectivity index (χ2n) is 14.9. The molecule has 254 valence electrons. The fourth-order valence-corrected chi connectivity index (χ4v) is 7.89. The largest absolute Gasteiger partial charge is 0.481 e. The molecule has 1 amide bonds. The maximum atomic E-state index is 13.9. The summed E-state index contributed by atoms with van der Waals surface area (Å²) in [7, 11) is -0.559. The van der Waals surface area contributed by atoms with E-state index < -0.39 is 18.1 Å². The van der Waals surface area contributed by atoms with Crippen molar-refractivity contribution in [3.8, 4) is 0 Å². The molecule has 12 heteroatoms. The Labute approximate surface area is 274 Å². The van der Waals surface area contributed by atoms with E-state index in [1.54, 1.807) is 0 Å². The predicted octanol–water partition coefficient (Wildman–Crippen LogP) is 4.82. The lowest BCUT2D eigenvalue weighted by Gasteiger charge is -2.64. The fourth-order valence-electron chi connectivity index (χ4n) is 7.89. The molecule has 1 aromatic rings. The average molecular weight is 640 g/mol. The minimum atomic E-state index is -0.771. The molecular weight excluding hydrogens is 585 g/mol. The Balaban J connectivity index is 1.44. The summed E-state index contributed by atoms with van der Waals surface area (Å²) in [4.78, 5) is 41.9. The summed E-state index contributed by atoms with van der Waals surface area (Å²) in [5.74, 6) is -0.180. The lowest BCUT2D eigenvalue weighted by atomic mass is 9.43. The number of hydrazine groups is 1. The molecule has 4 fully saturated rings. The number of unbranched alkanes of at least 4 members (excludes halogenated alkanes) is 1. The molecule has 6 atom stereocenters. The van der Waals surface area contributed by atoms with Gasteiger partial charge in [-0.3, -0.25) is 9.59 Å². The Morgan fingerprint density at radius 1 is 1.15 bits per heavy atom. The van der Waals surface area contributed by atoms with Gasteiger partial charge in [-0.05, 0) is 86.2 Å². The van der Waals surface area contributed by atoms with Crippen molar-refractivity contribution in [1.29, 1.82) is 0 Å². The van der Waals surface area contributed by atoms with E-state index in [1.807, 2.05) is 17.6 Å². The summed E-state index contributed by atoms with van der Waals surface area (Å²) in [6.07, 6.45) is 7.19. The second-order valence-corrected chi connectivity index (χ2v) is 14.9. The monoisotopic (exact) mass is 639 g/mol. The summed E-state index contributed by atoms with van der Waals surface area (Å²) in [6.45, 7) is 13.4. The van der Waals surface area contributed by atoms with Gasteiger partial charge in [0.05, 0.1) is 17.6 Å². The normalized spacial score (nSPS) is 26.2. The summed E-state index contributed by atoms with van der Waals surface area (Å²) in [6, 6.07) is 8.14. The van der Waals surface area contributed by atoms with Crippen molar-refractivity contribution < 1.29 is 23.9 Å². The molecule has 46 heavy (non-hydrogen) atoms. The Morgan fingerprint density at radius 3 is 2.48 bits per heavy atom. The van der Waals surface area contributed by atoms with Gasteiger partial charge in [0.25, 0.3) is 5.96 Å². The van der Waals surface area contributed by atoms with Gasteiger partial charge in [0.2, 0.25) is 5.91 Å². The van der Waals surface area contributed by atoms with Crippen LogP contribution in [-0.2, 0) is 31.7 Å². The highest BCUT2D eigenvalue weighted by Gasteiger charge is 2.68. The molecule has 0 spiro atoms. The quantitative estimate of drug-likeness (QED) is 0.0547. The number of hydrogen-bond donors (Lipinski definition) is 3. The molecule has 11 nitrogen and oxygen atoms in total. The first-order valence-corrected chi connectivity index (χ1v) is 17.2. The number of aryl methyl sites for hydroxylation is 1. The van der Waals surface area contributed by atoms with Gasteiger partial charge in [0, 0.05) is 25.3 Å². The number of amides is 1. The summed E-state index contributed by atoms with van der Waals surface area (Å²) < 4.78 is 13.3. The summed E-state index contributed by atoms with van der Waals surface area (Å²) in [5, 5.41) is 13.1. The third-order valence-electron chi connectivity index (χ3n) is 10.6. The average Bonchev–Trinajstić information content (AvgIpc) is 3.34. The van der Waals surface area contributed by atoms with Crippen LogP contribution in [0.3, 0.4) is 0 Å². The molecule has 0 aromatic heterocycles. The SMILES string of the molecule is CCCCc1ccc(CC(=O)C[C@@H](CCCN=C(N)N[N+](=O)[O-])C(=O)N[C@@H](CC(C)C)B2O[C@@H]3C[C@H]4C[C@H](C4(C)C)[C@]3(C)O2)cc1. The van der Waals surface area contributed by atoms with Gasteiger partial charge < -0.3 is 20.4 Å². The van der Waals surface area contributed by atoms with E-state index in [0.717, 1.165) is 37.7 Å². The molecule has 1 saturated heterocycles. The number of rotatable bonds is 17. The van der Waals surface area contributed by atoms with E-state index in [4.69, 9.17) is 15.0 Å². The van der Waals surface area contributed by atoms with Gasteiger partial charge >= 0.3 is 7.12 Å². The number of carbonyl (C=O) groups is 2. The zero-order valence-corrected chi connectivity index (χ0v) is 28.6. The Hall–Kier alpha value is -2.99. The van der Waals surface area contributed by atoms with Crippen molar-refractivity contribution in [2.75, 3.05) is 6.54 Å². The first kappa shape index (κ1) is 35.9. The lowest BCUT2D eigenvalue weighted by molar-refractivity contribution is -0.525. The molecule has 1 heterocycles. The highest BCUT2D eigenvalue weighted by molar-refractivity contribution is 6.47. The molecule has 5 rings (SSSR count). The fraction of sp³-hybridized carbons (Fsp3) is 0.735. The molecule has 0 unspecified atom stereocenters. The van der Waals surface area contributed by atoms with E-state index in [9.17, 15) is 19.7 Å². The molecule has 0 radical (unpaired) electrons. The van der Waals surface area contributed by atoms with Crippen LogP contribution in [0, 0.1) is 39.2 Å². The lowest BCUT2D eigenvalue weighted by Crippen LogP contribution is -2.65. The van der Waals surface area contributed by atoms with Gasteiger partial charge in [-0.1, -0.05) is 70.7 Å². The number of aliphatic imine (C=N–C) groups is 1. The minimum absolute atomic E-state index is 0.00247. The third-order valence-corrected chi connectivity index (χ3v) is 10.6.